The minimum Gasteiger partial charge on any atom is -0.246 e. The van der Waals surface area contributed by atoms with Gasteiger partial charge in [0.05, 0.1) is 10.7 Å². The van der Waals surface area contributed by atoms with Crippen LogP contribution in [0.2, 0.25) is 0 Å². The van der Waals surface area contributed by atoms with Crippen LogP contribution in [0.4, 0.5) is 0 Å². The lowest BCUT2D eigenvalue weighted by Crippen LogP contribution is -1.90. The molecule has 0 aliphatic carbocycles. The molecule has 0 aliphatic rings. The minimum absolute atomic E-state index is 0.550. The molecule has 1 aromatic heterocycles. The van der Waals surface area contributed by atoms with Gasteiger partial charge in [-0.25, -0.2) is 4.98 Å². The van der Waals surface area contributed by atoms with Crippen LogP contribution in [-0.4, -0.2) is 4.98 Å². The van der Waals surface area contributed by atoms with E-state index in [0.717, 1.165) is 12.2 Å². The van der Waals surface area contributed by atoms with Crippen LogP contribution >= 0.6 is 24.0 Å². The smallest absolute Gasteiger partial charge is 0.0956 e. The normalized spacial score (nSPS) is 11.2. The molecule has 0 unspecified atom stereocenters. The summed E-state index contributed by atoms with van der Waals surface area (Å²) in [6, 6.07) is 0. The molecule has 0 atom stereocenters. The zero-order chi connectivity index (χ0) is 9.84. The third-order valence-corrected chi connectivity index (χ3v) is 3.85. The van der Waals surface area contributed by atoms with Gasteiger partial charge in [0.2, 0.25) is 0 Å². The summed E-state index contributed by atoms with van der Waals surface area (Å²) < 4.78 is 0. The number of hydrogen-bond donors (Lipinski definition) is 1. The first-order valence-corrected chi connectivity index (χ1v) is 6.23. The van der Waals surface area contributed by atoms with E-state index in [2.05, 4.69) is 38.4 Å². The highest BCUT2D eigenvalue weighted by Crippen LogP contribution is 2.26. The number of hydrogen-bond acceptors (Lipinski definition) is 3. The summed E-state index contributed by atoms with van der Waals surface area (Å²) in [5, 5.41) is 1.26. The van der Waals surface area contributed by atoms with Crippen LogP contribution in [0, 0.1) is 0 Å². The Balaban J connectivity index is 2.90. The molecule has 0 N–H and O–H groups in total. The minimum atomic E-state index is 0.550. The van der Waals surface area contributed by atoms with Gasteiger partial charge in [-0.2, -0.15) is 12.6 Å². The van der Waals surface area contributed by atoms with Crippen LogP contribution in [-0.2, 0) is 12.2 Å². The van der Waals surface area contributed by atoms with E-state index in [1.54, 1.807) is 0 Å². The van der Waals surface area contributed by atoms with E-state index in [1.807, 2.05) is 11.3 Å². The largest absolute Gasteiger partial charge is 0.246 e. The number of thiol groups is 1. The molecule has 0 aromatic carbocycles. The molecule has 3 heteroatoms. The van der Waals surface area contributed by atoms with Crippen molar-refractivity contribution < 1.29 is 0 Å². The van der Waals surface area contributed by atoms with Crippen molar-refractivity contribution in [3.63, 3.8) is 0 Å². The van der Waals surface area contributed by atoms with Gasteiger partial charge in [-0.1, -0.05) is 27.2 Å². The molecule has 0 aliphatic heterocycles. The molecule has 0 bridgehead atoms. The lowest BCUT2D eigenvalue weighted by atomic mass is 10.2. The highest BCUT2D eigenvalue weighted by molar-refractivity contribution is 7.79. The third-order valence-electron chi connectivity index (χ3n) is 1.92. The fourth-order valence-electron chi connectivity index (χ4n) is 1.21. The van der Waals surface area contributed by atoms with Crippen LogP contribution in [0.3, 0.4) is 0 Å². The van der Waals surface area contributed by atoms with Crippen LogP contribution in [0.5, 0.6) is 0 Å². The molecule has 13 heavy (non-hydrogen) atoms. The molecule has 1 rings (SSSR count). The molecule has 0 radical (unpaired) electrons. The summed E-state index contributed by atoms with van der Waals surface area (Å²) in [5.41, 5.74) is 1.27. The van der Waals surface area contributed by atoms with E-state index in [4.69, 9.17) is 0 Å². The second-order valence-corrected chi connectivity index (χ2v) is 4.92. The maximum Gasteiger partial charge on any atom is 0.0956 e. The summed E-state index contributed by atoms with van der Waals surface area (Å²) in [6.07, 6.45) is 2.27. The molecule has 74 valence electrons. The van der Waals surface area contributed by atoms with Crippen molar-refractivity contribution in [2.24, 2.45) is 0 Å². The van der Waals surface area contributed by atoms with Gasteiger partial charge >= 0.3 is 0 Å². The van der Waals surface area contributed by atoms with Gasteiger partial charge in [-0.05, 0) is 6.42 Å². The maximum absolute atomic E-state index is 4.64. The van der Waals surface area contributed by atoms with Gasteiger partial charge in [0.1, 0.15) is 0 Å². The Labute approximate surface area is 90.0 Å². The summed E-state index contributed by atoms with van der Waals surface area (Å²) >= 11 is 6.14. The van der Waals surface area contributed by atoms with Crippen molar-refractivity contribution in [2.45, 2.75) is 45.3 Å². The fourth-order valence-corrected chi connectivity index (χ4v) is 2.56. The Kier molecular flexibility index (Phi) is 4.26. The summed E-state index contributed by atoms with van der Waals surface area (Å²) in [7, 11) is 0. The van der Waals surface area contributed by atoms with E-state index < -0.39 is 0 Å². The first-order valence-electron chi connectivity index (χ1n) is 4.78. The molecule has 0 fully saturated rings. The Morgan fingerprint density at radius 3 is 2.62 bits per heavy atom. The topological polar surface area (TPSA) is 12.9 Å². The Morgan fingerprint density at radius 2 is 2.15 bits per heavy atom. The van der Waals surface area contributed by atoms with E-state index in [-0.39, 0.29) is 0 Å². The molecule has 0 saturated carbocycles. The Bertz CT molecular complexity index is 266. The van der Waals surface area contributed by atoms with Gasteiger partial charge in [-0.15, -0.1) is 11.3 Å². The number of aryl methyl sites for hydroxylation is 1. The molecular weight excluding hydrogens is 198 g/mol. The van der Waals surface area contributed by atoms with Crippen molar-refractivity contribution in [1.29, 1.82) is 0 Å². The molecule has 1 nitrogen and oxygen atoms in total. The molecule has 1 heterocycles. The van der Waals surface area contributed by atoms with Crippen molar-refractivity contribution in [2.75, 3.05) is 0 Å². The zero-order valence-corrected chi connectivity index (χ0v) is 10.2. The van der Waals surface area contributed by atoms with Crippen LogP contribution in [0.1, 0.15) is 48.7 Å². The van der Waals surface area contributed by atoms with E-state index in [0.29, 0.717) is 5.92 Å². The van der Waals surface area contributed by atoms with E-state index in [9.17, 15) is 0 Å². The van der Waals surface area contributed by atoms with Crippen molar-refractivity contribution in [3.8, 4) is 0 Å². The van der Waals surface area contributed by atoms with Gasteiger partial charge in [0, 0.05) is 16.5 Å². The number of thiazole rings is 1. The first kappa shape index (κ1) is 11.1. The number of nitrogens with zero attached hydrogens (tertiary/aromatic N) is 1. The average Bonchev–Trinajstić information content (AvgIpc) is 2.48. The van der Waals surface area contributed by atoms with E-state index >= 15 is 0 Å². The SMILES string of the molecule is CCCc1nc(C(C)C)sc1CS. The average molecular weight is 215 g/mol. The third kappa shape index (κ3) is 2.71. The second-order valence-electron chi connectivity index (χ2n) is 3.48. The monoisotopic (exact) mass is 215 g/mol. The van der Waals surface area contributed by atoms with Crippen LogP contribution in [0.25, 0.3) is 0 Å². The predicted molar refractivity (Wildman–Crippen MR) is 62.9 cm³/mol. The molecule has 0 saturated heterocycles. The van der Waals surface area contributed by atoms with Gasteiger partial charge < -0.3 is 0 Å². The summed E-state index contributed by atoms with van der Waals surface area (Å²) in [6.45, 7) is 6.57. The van der Waals surface area contributed by atoms with Crippen molar-refractivity contribution >= 4 is 24.0 Å². The summed E-state index contributed by atoms with van der Waals surface area (Å²) in [5.74, 6) is 1.38. The zero-order valence-electron chi connectivity index (χ0n) is 8.50. The van der Waals surface area contributed by atoms with Gasteiger partial charge in [0.25, 0.3) is 0 Å². The van der Waals surface area contributed by atoms with E-state index in [1.165, 1.54) is 22.0 Å². The van der Waals surface area contributed by atoms with Crippen molar-refractivity contribution in [3.05, 3.63) is 15.6 Å². The van der Waals surface area contributed by atoms with Crippen LogP contribution < -0.4 is 0 Å². The van der Waals surface area contributed by atoms with Crippen molar-refractivity contribution in [1.82, 2.24) is 4.98 Å². The van der Waals surface area contributed by atoms with Gasteiger partial charge in [-0.3, -0.25) is 0 Å². The molecule has 0 spiro atoms. The highest BCUT2D eigenvalue weighted by Gasteiger charge is 2.11. The quantitative estimate of drug-likeness (QED) is 0.757. The Hall–Kier alpha value is -0.0200. The van der Waals surface area contributed by atoms with Gasteiger partial charge in [0.15, 0.2) is 0 Å². The molecule has 1 aromatic rings. The lowest BCUT2D eigenvalue weighted by molar-refractivity contribution is 0.819. The molecule has 0 amide bonds. The number of rotatable bonds is 4. The lowest BCUT2D eigenvalue weighted by Gasteiger charge is -1.96. The predicted octanol–water partition coefficient (Wildman–Crippen LogP) is 3.65. The Morgan fingerprint density at radius 1 is 1.46 bits per heavy atom. The fraction of sp³-hybridized carbons (Fsp3) is 0.700. The summed E-state index contributed by atoms with van der Waals surface area (Å²) in [4.78, 5) is 6.00. The highest BCUT2D eigenvalue weighted by atomic mass is 32.1. The second kappa shape index (κ2) is 5.01. The first-order chi connectivity index (χ1) is 6.19. The standard InChI is InChI=1S/C10H17NS2/c1-4-5-8-9(6-12)13-10(11-8)7(2)3/h7,12H,4-6H2,1-3H3. The number of aromatic nitrogens is 1. The molecular formula is C10H17NS2. The maximum atomic E-state index is 4.64. The van der Waals surface area contributed by atoms with Crippen LogP contribution in [0.15, 0.2) is 0 Å².